The lowest BCUT2D eigenvalue weighted by molar-refractivity contribution is -0.128. The molecule has 1 atom stereocenters. The molecule has 0 heterocycles. The van der Waals surface area contributed by atoms with Gasteiger partial charge in [-0.2, -0.15) is 5.26 Å². The van der Waals surface area contributed by atoms with Gasteiger partial charge in [-0.25, -0.2) is 0 Å². The Morgan fingerprint density at radius 2 is 1.88 bits per heavy atom. The third-order valence-electron chi connectivity index (χ3n) is 3.72. The molecule has 0 aromatic carbocycles. The van der Waals surface area contributed by atoms with Gasteiger partial charge in [0.1, 0.15) is 5.41 Å². The molecule has 0 saturated carbocycles. The smallest absolute Gasteiger partial charge is 0.240 e. The normalized spacial score (nSPS) is 15.4. The minimum absolute atomic E-state index is 0.0553. The lowest BCUT2D eigenvalue weighted by Crippen LogP contribution is -2.43. The van der Waals surface area contributed by atoms with Gasteiger partial charge in [0.05, 0.1) is 6.07 Å². The minimum atomic E-state index is -0.896. The van der Waals surface area contributed by atoms with Crippen LogP contribution in [0, 0.1) is 28.1 Å². The number of amides is 1. The Morgan fingerprint density at radius 1 is 1.38 bits per heavy atom. The van der Waals surface area contributed by atoms with Crippen molar-refractivity contribution in [3.8, 4) is 6.07 Å². The number of nitriles is 1. The molecular formula is C13H24N2O. The average molecular weight is 224 g/mol. The van der Waals surface area contributed by atoms with E-state index < -0.39 is 5.41 Å². The van der Waals surface area contributed by atoms with Crippen LogP contribution in [0.1, 0.15) is 48.0 Å². The molecule has 0 spiro atoms. The number of carbonyl (C=O) groups is 1. The molecule has 1 unspecified atom stereocenters. The predicted molar refractivity (Wildman–Crippen MR) is 65.6 cm³/mol. The summed E-state index contributed by atoms with van der Waals surface area (Å²) < 4.78 is 0. The molecule has 0 bridgehead atoms. The summed E-state index contributed by atoms with van der Waals surface area (Å²) in [5.41, 5.74) is -0.840. The summed E-state index contributed by atoms with van der Waals surface area (Å²) in [6.07, 6.45) is 0.539. The molecule has 0 aliphatic carbocycles. The molecule has 0 radical (unpaired) electrons. The second-order valence-corrected chi connectivity index (χ2v) is 5.62. The van der Waals surface area contributed by atoms with Gasteiger partial charge in [-0.15, -0.1) is 0 Å². The van der Waals surface area contributed by atoms with Crippen LogP contribution >= 0.6 is 0 Å². The topological polar surface area (TPSA) is 52.9 Å². The summed E-state index contributed by atoms with van der Waals surface area (Å²) >= 11 is 0. The molecule has 0 aliphatic heterocycles. The molecule has 1 amide bonds. The van der Waals surface area contributed by atoms with Crippen LogP contribution < -0.4 is 5.32 Å². The van der Waals surface area contributed by atoms with E-state index in [4.69, 9.17) is 5.26 Å². The van der Waals surface area contributed by atoms with Crippen LogP contribution in [0.25, 0.3) is 0 Å². The summed E-state index contributed by atoms with van der Waals surface area (Å²) in [5, 5.41) is 11.9. The van der Waals surface area contributed by atoms with Gasteiger partial charge >= 0.3 is 0 Å². The lowest BCUT2D eigenvalue weighted by Gasteiger charge is -2.30. The van der Waals surface area contributed by atoms with Gasteiger partial charge in [0, 0.05) is 6.54 Å². The van der Waals surface area contributed by atoms with E-state index in [9.17, 15) is 4.79 Å². The monoisotopic (exact) mass is 224 g/mol. The first-order valence-electron chi connectivity index (χ1n) is 5.89. The summed E-state index contributed by atoms with van der Waals surface area (Å²) in [5.74, 6) is 0.328. The Hall–Kier alpha value is -1.04. The van der Waals surface area contributed by atoms with Crippen LogP contribution in [-0.2, 0) is 4.79 Å². The molecule has 16 heavy (non-hydrogen) atoms. The van der Waals surface area contributed by atoms with Crippen molar-refractivity contribution in [2.45, 2.75) is 48.0 Å². The molecule has 3 nitrogen and oxygen atoms in total. The van der Waals surface area contributed by atoms with E-state index in [0.717, 1.165) is 0 Å². The Bertz CT molecular complexity index is 289. The van der Waals surface area contributed by atoms with E-state index in [0.29, 0.717) is 18.9 Å². The predicted octanol–water partition coefficient (Wildman–Crippen LogP) is 2.72. The van der Waals surface area contributed by atoms with Gasteiger partial charge in [0.15, 0.2) is 0 Å². The first kappa shape index (κ1) is 15.0. The summed E-state index contributed by atoms with van der Waals surface area (Å²) in [4.78, 5) is 11.9. The third-order valence-corrected chi connectivity index (χ3v) is 3.72. The van der Waals surface area contributed by atoms with Crippen LogP contribution in [-0.4, -0.2) is 12.5 Å². The molecule has 92 valence electrons. The number of rotatable bonds is 5. The first-order chi connectivity index (χ1) is 7.19. The van der Waals surface area contributed by atoms with Crippen LogP contribution in [0.5, 0.6) is 0 Å². The maximum atomic E-state index is 11.9. The number of nitrogens with one attached hydrogen (secondary N) is 1. The summed E-state index contributed by atoms with van der Waals surface area (Å²) in [7, 11) is 0. The van der Waals surface area contributed by atoms with Crippen molar-refractivity contribution in [3.63, 3.8) is 0 Å². The number of nitrogens with zero attached hydrogens (tertiary/aromatic N) is 1. The average Bonchev–Trinajstić information content (AvgIpc) is 2.24. The zero-order valence-electron chi connectivity index (χ0n) is 11.3. The van der Waals surface area contributed by atoms with E-state index in [1.165, 1.54) is 0 Å². The Labute approximate surface area is 99.2 Å². The van der Waals surface area contributed by atoms with Crippen molar-refractivity contribution in [1.82, 2.24) is 5.32 Å². The highest BCUT2D eigenvalue weighted by atomic mass is 16.2. The second kappa shape index (κ2) is 5.34. The number of carbonyl (C=O) groups excluding carboxylic acids is 1. The molecular weight excluding hydrogens is 200 g/mol. The van der Waals surface area contributed by atoms with Crippen molar-refractivity contribution >= 4 is 5.91 Å². The van der Waals surface area contributed by atoms with E-state index in [2.05, 4.69) is 39.1 Å². The molecule has 0 aliphatic rings. The second-order valence-electron chi connectivity index (χ2n) is 5.62. The van der Waals surface area contributed by atoms with Crippen LogP contribution in [0.15, 0.2) is 0 Å². The number of hydrogen-bond donors (Lipinski definition) is 1. The quantitative estimate of drug-likeness (QED) is 0.780. The number of hydrogen-bond acceptors (Lipinski definition) is 2. The molecule has 0 rings (SSSR count). The maximum absolute atomic E-state index is 11.9. The summed E-state index contributed by atoms with van der Waals surface area (Å²) in [6.45, 7) is 12.7. The standard InChI is InChI=1S/C13H24N2O/c1-7-13(6,8-14)11(16)15-9-12(4,5)10(2)3/h10H,7,9H2,1-6H3,(H,15,16). The Kier molecular flexibility index (Phi) is 4.99. The summed E-state index contributed by atoms with van der Waals surface area (Å²) in [6, 6.07) is 2.08. The van der Waals surface area contributed by atoms with Gasteiger partial charge < -0.3 is 5.32 Å². The SMILES string of the molecule is CCC(C)(C#N)C(=O)NCC(C)(C)C(C)C. The fourth-order valence-electron chi connectivity index (χ4n) is 0.998. The van der Waals surface area contributed by atoms with Crippen molar-refractivity contribution in [3.05, 3.63) is 0 Å². The van der Waals surface area contributed by atoms with Crippen molar-refractivity contribution in [1.29, 1.82) is 5.26 Å². The lowest BCUT2D eigenvalue weighted by atomic mass is 9.80. The van der Waals surface area contributed by atoms with Crippen LogP contribution in [0.3, 0.4) is 0 Å². The van der Waals surface area contributed by atoms with Gasteiger partial charge in [-0.3, -0.25) is 4.79 Å². The molecule has 0 fully saturated rings. The van der Waals surface area contributed by atoms with Gasteiger partial charge in [0.25, 0.3) is 0 Å². The zero-order chi connectivity index (χ0) is 13.0. The largest absolute Gasteiger partial charge is 0.354 e. The fraction of sp³-hybridized carbons (Fsp3) is 0.846. The highest BCUT2D eigenvalue weighted by Crippen LogP contribution is 2.26. The highest BCUT2D eigenvalue weighted by molar-refractivity contribution is 5.84. The van der Waals surface area contributed by atoms with Crippen LogP contribution in [0.4, 0.5) is 0 Å². The molecule has 0 saturated heterocycles. The van der Waals surface area contributed by atoms with Gasteiger partial charge in [-0.1, -0.05) is 34.6 Å². The maximum Gasteiger partial charge on any atom is 0.240 e. The molecule has 3 heteroatoms. The van der Waals surface area contributed by atoms with E-state index >= 15 is 0 Å². The minimum Gasteiger partial charge on any atom is -0.354 e. The van der Waals surface area contributed by atoms with Crippen molar-refractivity contribution < 1.29 is 4.79 Å². The van der Waals surface area contributed by atoms with Crippen molar-refractivity contribution in [2.75, 3.05) is 6.54 Å². The van der Waals surface area contributed by atoms with Crippen LogP contribution in [0.2, 0.25) is 0 Å². The van der Waals surface area contributed by atoms with Gasteiger partial charge in [0.2, 0.25) is 5.91 Å². The van der Waals surface area contributed by atoms with Gasteiger partial charge in [-0.05, 0) is 24.7 Å². The molecule has 0 aromatic rings. The fourth-order valence-corrected chi connectivity index (χ4v) is 0.998. The first-order valence-corrected chi connectivity index (χ1v) is 5.89. The Morgan fingerprint density at radius 3 is 2.19 bits per heavy atom. The van der Waals surface area contributed by atoms with E-state index in [1.807, 2.05) is 6.92 Å². The van der Waals surface area contributed by atoms with Crippen molar-refractivity contribution in [2.24, 2.45) is 16.7 Å². The molecule has 1 N–H and O–H groups in total. The highest BCUT2D eigenvalue weighted by Gasteiger charge is 2.32. The zero-order valence-corrected chi connectivity index (χ0v) is 11.3. The molecule has 0 aromatic heterocycles. The third kappa shape index (κ3) is 3.52. The Balaban J connectivity index is 4.45. The van der Waals surface area contributed by atoms with E-state index in [1.54, 1.807) is 6.92 Å². The van der Waals surface area contributed by atoms with E-state index in [-0.39, 0.29) is 11.3 Å².